The quantitative estimate of drug-likeness (QED) is 0.651. The maximum Gasteiger partial charge on any atom is 0.153 e. The van der Waals surface area contributed by atoms with Gasteiger partial charge in [-0.15, -0.1) is 0 Å². The Labute approximate surface area is 168 Å². The third-order valence-corrected chi connectivity index (χ3v) is 6.63. The molecule has 1 heterocycles. The summed E-state index contributed by atoms with van der Waals surface area (Å²) >= 11 is 0. The summed E-state index contributed by atoms with van der Waals surface area (Å²) in [6.07, 6.45) is 0.863. The van der Waals surface area contributed by atoms with Gasteiger partial charge in [0.1, 0.15) is 5.75 Å². The molecule has 4 rings (SSSR count). The molecule has 1 aliphatic heterocycles. The van der Waals surface area contributed by atoms with Crippen LogP contribution in [0.1, 0.15) is 24.9 Å². The first-order valence-electron chi connectivity index (χ1n) is 9.43. The molecule has 0 fully saturated rings. The monoisotopic (exact) mass is 392 g/mol. The number of benzene rings is 3. The van der Waals surface area contributed by atoms with Gasteiger partial charge in [-0.3, -0.25) is 4.31 Å². The van der Waals surface area contributed by atoms with Crippen LogP contribution < -0.4 is 14.4 Å². The molecule has 0 aromatic heterocycles. The van der Waals surface area contributed by atoms with Crippen molar-refractivity contribution in [3.05, 3.63) is 84.4 Å². The largest absolute Gasteiger partial charge is 0.497 e. The zero-order chi connectivity index (χ0) is 19.5. The first-order valence-corrected chi connectivity index (χ1v) is 10.5. The molecule has 3 aromatic carbocycles. The van der Waals surface area contributed by atoms with Crippen molar-refractivity contribution in [1.29, 1.82) is 0 Å². The highest BCUT2D eigenvalue weighted by Crippen LogP contribution is 2.40. The Kier molecular flexibility index (Phi) is 5.35. The van der Waals surface area contributed by atoms with Gasteiger partial charge in [0, 0.05) is 11.7 Å². The molecule has 3 atom stereocenters. The number of para-hydroxylation sites is 2. The van der Waals surface area contributed by atoms with Gasteiger partial charge >= 0.3 is 0 Å². The number of nitrogens with one attached hydrogen (secondary N) is 1. The summed E-state index contributed by atoms with van der Waals surface area (Å²) in [6.45, 7) is 2.13. The molecule has 144 valence electrons. The topological polar surface area (TPSA) is 41.6 Å². The Morgan fingerprint density at radius 2 is 1.75 bits per heavy atom. The minimum Gasteiger partial charge on any atom is -0.497 e. The smallest absolute Gasteiger partial charge is 0.153 e. The van der Waals surface area contributed by atoms with Crippen molar-refractivity contribution < 1.29 is 8.95 Å². The van der Waals surface area contributed by atoms with Crippen molar-refractivity contribution in [2.24, 2.45) is 0 Å². The van der Waals surface area contributed by atoms with Gasteiger partial charge in [0.05, 0.1) is 23.7 Å². The number of hydrogen-bond donors (Lipinski definition) is 1. The molecule has 4 nitrogen and oxygen atoms in total. The highest BCUT2D eigenvalue weighted by atomic mass is 32.2. The van der Waals surface area contributed by atoms with Crippen molar-refractivity contribution >= 4 is 22.4 Å². The number of fused-ring (bicyclic) bond motifs is 1. The van der Waals surface area contributed by atoms with Crippen LogP contribution >= 0.6 is 0 Å². The average molecular weight is 393 g/mol. The molecule has 0 saturated heterocycles. The van der Waals surface area contributed by atoms with Crippen molar-refractivity contribution in [3.63, 3.8) is 0 Å². The van der Waals surface area contributed by atoms with Crippen LogP contribution in [0.15, 0.2) is 83.8 Å². The predicted octanol–water partition coefficient (Wildman–Crippen LogP) is 5.17. The van der Waals surface area contributed by atoms with E-state index in [1.807, 2.05) is 58.9 Å². The van der Waals surface area contributed by atoms with Crippen LogP contribution in [0.4, 0.5) is 11.4 Å². The lowest BCUT2D eigenvalue weighted by atomic mass is 9.93. The van der Waals surface area contributed by atoms with E-state index < -0.39 is 11.0 Å². The molecule has 1 N–H and O–H groups in total. The van der Waals surface area contributed by atoms with Gasteiger partial charge in [0.15, 0.2) is 11.0 Å². The molecule has 0 spiro atoms. The second-order valence-electron chi connectivity index (χ2n) is 6.96. The molecule has 28 heavy (non-hydrogen) atoms. The molecular weight excluding hydrogens is 368 g/mol. The van der Waals surface area contributed by atoms with E-state index in [0.717, 1.165) is 22.7 Å². The molecule has 0 amide bonds. The third-order valence-electron chi connectivity index (χ3n) is 5.06. The second-order valence-corrected chi connectivity index (χ2v) is 8.32. The number of nitrogens with zero attached hydrogens (tertiary/aromatic N) is 1. The van der Waals surface area contributed by atoms with Gasteiger partial charge in [-0.05, 0) is 55.3 Å². The summed E-state index contributed by atoms with van der Waals surface area (Å²) in [5.74, 6) is 0.715. The molecule has 3 aromatic rings. The fraction of sp³-hybridized carbons (Fsp3) is 0.217. The fourth-order valence-electron chi connectivity index (χ4n) is 3.73. The van der Waals surface area contributed by atoms with Gasteiger partial charge in [0.25, 0.3) is 0 Å². The maximum atomic E-state index is 13.5. The zero-order valence-electron chi connectivity index (χ0n) is 16.0. The summed E-state index contributed by atoms with van der Waals surface area (Å²) in [7, 11) is 0.317. The van der Waals surface area contributed by atoms with Crippen molar-refractivity contribution in [2.45, 2.75) is 30.3 Å². The van der Waals surface area contributed by atoms with E-state index in [1.54, 1.807) is 7.11 Å². The minimum atomic E-state index is -1.31. The van der Waals surface area contributed by atoms with Gasteiger partial charge in [-0.2, -0.15) is 0 Å². The molecule has 0 aliphatic carbocycles. The van der Waals surface area contributed by atoms with Crippen LogP contribution in [0.25, 0.3) is 0 Å². The molecule has 0 saturated carbocycles. The summed E-state index contributed by atoms with van der Waals surface area (Å²) in [4.78, 5) is 0.746. The SMILES string of the molecule is COc1cccc(S(=O)N2c3ccccc3C(Nc3ccccc3)CC2C)c1. The van der Waals surface area contributed by atoms with E-state index in [4.69, 9.17) is 4.74 Å². The van der Waals surface area contributed by atoms with Crippen LogP contribution in [0.2, 0.25) is 0 Å². The summed E-state index contributed by atoms with van der Waals surface area (Å²) in [5.41, 5.74) is 3.27. The van der Waals surface area contributed by atoms with Gasteiger partial charge < -0.3 is 10.1 Å². The van der Waals surface area contributed by atoms with E-state index in [2.05, 4.69) is 36.5 Å². The Bertz CT molecular complexity index is 977. The predicted molar refractivity (Wildman–Crippen MR) is 115 cm³/mol. The molecule has 3 unspecified atom stereocenters. The van der Waals surface area contributed by atoms with Crippen LogP contribution in [0.3, 0.4) is 0 Å². The highest BCUT2D eigenvalue weighted by Gasteiger charge is 2.33. The van der Waals surface area contributed by atoms with Crippen LogP contribution in [-0.2, 0) is 11.0 Å². The van der Waals surface area contributed by atoms with Crippen molar-refractivity contribution in [2.75, 3.05) is 16.7 Å². The highest BCUT2D eigenvalue weighted by molar-refractivity contribution is 7.86. The van der Waals surface area contributed by atoms with Gasteiger partial charge in [-0.1, -0.05) is 42.5 Å². The molecule has 5 heteroatoms. The number of anilines is 2. The number of methoxy groups -OCH3 is 1. The Morgan fingerprint density at radius 1 is 1.00 bits per heavy atom. The first kappa shape index (κ1) is 18.6. The number of ether oxygens (including phenoxy) is 1. The standard InChI is InChI=1S/C23H24N2O2S/c1-17-15-22(24-18-9-4-3-5-10-18)21-13-6-7-14-23(21)25(17)28(26)20-12-8-11-19(16-20)27-2/h3-14,16-17,22,24H,15H2,1-2H3. The maximum absolute atomic E-state index is 13.5. The summed E-state index contributed by atoms with van der Waals surface area (Å²) < 4.78 is 20.8. The van der Waals surface area contributed by atoms with Gasteiger partial charge in [0.2, 0.25) is 0 Å². The van der Waals surface area contributed by atoms with E-state index in [-0.39, 0.29) is 12.1 Å². The first-order chi connectivity index (χ1) is 13.7. The van der Waals surface area contributed by atoms with E-state index in [9.17, 15) is 4.21 Å². The molecular formula is C23H24N2O2S. The third kappa shape index (κ3) is 3.62. The lowest BCUT2D eigenvalue weighted by molar-refractivity contribution is 0.413. The summed E-state index contributed by atoms with van der Waals surface area (Å²) in [5, 5.41) is 3.64. The van der Waals surface area contributed by atoms with E-state index >= 15 is 0 Å². The van der Waals surface area contributed by atoms with Crippen molar-refractivity contribution in [1.82, 2.24) is 0 Å². The van der Waals surface area contributed by atoms with E-state index in [1.165, 1.54) is 5.56 Å². The zero-order valence-corrected chi connectivity index (χ0v) is 16.9. The molecule has 0 radical (unpaired) electrons. The van der Waals surface area contributed by atoms with Crippen LogP contribution in [-0.4, -0.2) is 17.4 Å². The lowest BCUT2D eigenvalue weighted by Gasteiger charge is -2.40. The fourth-order valence-corrected chi connectivity index (χ4v) is 5.13. The summed E-state index contributed by atoms with van der Waals surface area (Å²) in [6, 6.07) is 26.2. The Balaban J connectivity index is 1.68. The minimum absolute atomic E-state index is 0.114. The Hall–Kier alpha value is -2.79. The average Bonchev–Trinajstić information content (AvgIpc) is 2.74. The molecule has 1 aliphatic rings. The van der Waals surface area contributed by atoms with Gasteiger partial charge in [-0.25, -0.2) is 4.21 Å². The number of rotatable bonds is 5. The molecule has 0 bridgehead atoms. The van der Waals surface area contributed by atoms with Crippen LogP contribution in [0, 0.1) is 0 Å². The second kappa shape index (κ2) is 8.07. The number of hydrogen-bond acceptors (Lipinski definition) is 3. The van der Waals surface area contributed by atoms with Crippen molar-refractivity contribution in [3.8, 4) is 5.75 Å². The van der Waals surface area contributed by atoms with E-state index in [0.29, 0.717) is 5.75 Å². The van der Waals surface area contributed by atoms with Crippen LogP contribution in [0.5, 0.6) is 5.75 Å². The lowest BCUT2D eigenvalue weighted by Crippen LogP contribution is -2.41. The normalized spacial score (nSPS) is 19.6. The Morgan fingerprint density at radius 3 is 2.54 bits per heavy atom.